The number of phosphoric acid groups is 2. The van der Waals surface area contributed by atoms with Crippen LogP contribution in [0.1, 0.15) is 356 Å². The van der Waals surface area contributed by atoms with E-state index in [0.717, 1.165) is 115 Å². The standard InChI is InChI=1S/C70H136O17P2/c1-7-9-11-13-15-34-40-46-52-67(72)80-58-65(86-69(74)54-48-42-35-16-14-12-10-8-2)60-84-88(76,77)82-56-64(71)57-83-89(78,79)85-61-66(59-81-68(73)53-47-41-36-30-26-23-22-25-29-33-39-45-51-63(5)6)87-70(75)55-49-43-37-31-27-21-19-17-18-20-24-28-32-38-44-50-62(3)4/h62-66,71H,7-61H2,1-6H3,(H,76,77)(H,78,79)/t64-,65+,66+/m0/s1. The van der Waals surface area contributed by atoms with Gasteiger partial charge in [-0.2, -0.15) is 0 Å². The number of ether oxygens (including phenoxy) is 4. The molecule has 5 atom stereocenters. The van der Waals surface area contributed by atoms with Gasteiger partial charge in [0.15, 0.2) is 12.2 Å². The molecule has 0 fully saturated rings. The quantitative estimate of drug-likeness (QED) is 0.0222. The number of carbonyl (C=O) groups is 4. The third kappa shape index (κ3) is 64.6. The first kappa shape index (κ1) is 87.1. The van der Waals surface area contributed by atoms with Crippen LogP contribution in [0.25, 0.3) is 0 Å². The average Bonchev–Trinajstić information content (AvgIpc) is 3.71. The third-order valence-corrected chi connectivity index (χ3v) is 18.1. The first-order valence-electron chi connectivity index (χ1n) is 36.5. The second kappa shape index (κ2) is 62.2. The van der Waals surface area contributed by atoms with Crippen LogP contribution in [0, 0.1) is 11.8 Å². The van der Waals surface area contributed by atoms with Gasteiger partial charge in [0.25, 0.3) is 0 Å². The van der Waals surface area contributed by atoms with Crippen LogP contribution in [-0.4, -0.2) is 96.7 Å². The lowest BCUT2D eigenvalue weighted by molar-refractivity contribution is -0.161. The Morgan fingerprint density at radius 2 is 0.517 bits per heavy atom. The Labute approximate surface area is 543 Å². The van der Waals surface area contributed by atoms with Crippen LogP contribution < -0.4 is 0 Å². The highest BCUT2D eigenvalue weighted by Crippen LogP contribution is 2.45. The van der Waals surface area contributed by atoms with E-state index in [1.807, 2.05) is 0 Å². The van der Waals surface area contributed by atoms with E-state index in [4.69, 9.17) is 37.0 Å². The Kier molecular flexibility index (Phi) is 60.8. The molecule has 0 heterocycles. The summed E-state index contributed by atoms with van der Waals surface area (Å²) >= 11 is 0. The number of carbonyl (C=O) groups excluding carboxylic acids is 4. The van der Waals surface area contributed by atoms with Crippen molar-refractivity contribution in [2.75, 3.05) is 39.6 Å². The molecule has 17 nitrogen and oxygen atoms in total. The summed E-state index contributed by atoms with van der Waals surface area (Å²) < 4.78 is 68.1. The van der Waals surface area contributed by atoms with E-state index in [1.165, 1.54) is 161 Å². The lowest BCUT2D eigenvalue weighted by Gasteiger charge is -2.21. The minimum atomic E-state index is -4.95. The molecule has 0 aliphatic rings. The van der Waals surface area contributed by atoms with Gasteiger partial charge in [0.2, 0.25) is 0 Å². The molecule has 0 rings (SSSR count). The molecular formula is C70H136O17P2. The smallest absolute Gasteiger partial charge is 0.462 e. The molecule has 0 aromatic rings. The maximum Gasteiger partial charge on any atom is 0.472 e. The molecule has 528 valence electrons. The van der Waals surface area contributed by atoms with E-state index in [1.54, 1.807) is 0 Å². The molecule has 0 spiro atoms. The summed E-state index contributed by atoms with van der Waals surface area (Å²) in [7, 11) is -9.89. The van der Waals surface area contributed by atoms with Crippen LogP contribution in [0.15, 0.2) is 0 Å². The van der Waals surface area contributed by atoms with Gasteiger partial charge in [-0.1, -0.05) is 305 Å². The first-order chi connectivity index (χ1) is 42.9. The summed E-state index contributed by atoms with van der Waals surface area (Å²) in [5, 5.41) is 10.6. The lowest BCUT2D eigenvalue weighted by atomic mass is 10.0. The van der Waals surface area contributed by atoms with Gasteiger partial charge < -0.3 is 33.8 Å². The van der Waals surface area contributed by atoms with Crippen molar-refractivity contribution in [2.24, 2.45) is 11.8 Å². The van der Waals surface area contributed by atoms with Crippen LogP contribution in [0.5, 0.6) is 0 Å². The number of esters is 4. The molecule has 3 N–H and O–H groups in total. The molecule has 0 aliphatic carbocycles. The van der Waals surface area contributed by atoms with Gasteiger partial charge in [0, 0.05) is 25.7 Å². The van der Waals surface area contributed by atoms with Gasteiger partial charge in [-0.05, 0) is 37.5 Å². The topological polar surface area (TPSA) is 237 Å². The van der Waals surface area contributed by atoms with Gasteiger partial charge in [-0.25, -0.2) is 9.13 Å². The van der Waals surface area contributed by atoms with Crippen LogP contribution >= 0.6 is 15.6 Å². The highest BCUT2D eigenvalue weighted by Gasteiger charge is 2.30. The number of hydrogen-bond acceptors (Lipinski definition) is 15. The molecule has 0 aromatic carbocycles. The fourth-order valence-corrected chi connectivity index (χ4v) is 12.2. The SMILES string of the molecule is CCCCCCCCCCC(=O)OC[C@H](COP(=O)(O)OC[C@H](O)COP(=O)(O)OC[C@@H](COC(=O)CCCCCCCCCCCCCCC(C)C)OC(=O)CCCCCCCCCCCCCCCCCC(C)C)OC(=O)CCCCCCCCCC. The largest absolute Gasteiger partial charge is 0.472 e. The highest BCUT2D eigenvalue weighted by molar-refractivity contribution is 7.47. The van der Waals surface area contributed by atoms with Crippen molar-refractivity contribution in [2.45, 2.75) is 374 Å². The normalized spacial score (nSPS) is 14.1. The first-order valence-corrected chi connectivity index (χ1v) is 39.5. The molecule has 0 aliphatic heterocycles. The minimum Gasteiger partial charge on any atom is -0.462 e. The van der Waals surface area contributed by atoms with Crippen molar-refractivity contribution in [3.63, 3.8) is 0 Å². The molecule has 89 heavy (non-hydrogen) atoms. The monoisotopic (exact) mass is 1310 g/mol. The Morgan fingerprint density at radius 1 is 0.303 bits per heavy atom. The Morgan fingerprint density at radius 3 is 0.764 bits per heavy atom. The molecule has 0 saturated carbocycles. The van der Waals surface area contributed by atoms with Gasteiger partial charge in [-0.15, -0.1) is 0 Å². The molecule has 0 aromatic heterocycles. The average molecular weight is 1310 g/mol. The summed E-state index contributed by atoms with van der Waals surface area (Å²) in [5.41, 5.74) is 0. The van der Waals surface area contributed by atoms with Gasteiger partial charge >= 0.3 is 39.5 Å². The second-order valence-electron chi connectivity index (χ2n) is 26.2. The number of phosphoric ester groups is 2. The van der Waals surface area contributed by atoms with Crippen molar-refractivity contribution in [1.29, 1.82) is 0 Å². The zero-order chi connectivity index (χ0) is 65.7. The van der Waals surface area contributed by atoms with E-state index >= 15 is 0 Å². The van der Waals surface area contributed by atoms with E-state index < -0.39 is 97.5 Å². The van der Waals surface area contributed by atoms with Crippen LogP contribution in [0.2, 0.25) is 0 Å². The number of hydrogen-bond donors (Lipinski definition) is 3. The van der Waals surface area contributed by atoms with Crippen molar-refractivity contribution in [3.8, 4) is 0 Å². The predicted molar refractivity (Wildman–Crippen MR) is 358 cm³/mol. The predicted octanol–water partition coefficient (Wildman–Crippen LogP) is 20.0. The summed E-state index contributed by atoms with van der Waals surface area (Å²) in [6.07, 6.45) is 47.3. The fraction of sp³-hybridized carbons (Fsp3) is 0.943. The Bertz CT molecular complexity index is 1730. The van der Waals surface area contributed by atoms with E-state index in [9.17, 15) is 43.2 Å². The maximum atomic E-state index is 13.0. The zero-order valence-corrected chi connectivity index (χ0v) is 59.5. The summed E-state index contributed by atoms with van der Waals surface area (Å²) in [6, 6.07) is 0. The van der Waals surface area contributed by atoms with Crippen LogP contribution in [0.4, 0.5) is 0 Å². The Hall–Kier alpha value is -1.94. The number of aliphatic hydroxyl groups is 1. The fourth-order valence-electron chi connectivity index (χ4n) is 10.6. The van der Waals surface area contributed by atoms with Gasteiger partial charge in [0.1, 0.15) is 19.3 Å². The van der Waals surface area contributed by atoms with E-state index in [0.29, 0.717) is 25.7 Å². The van der Waals surface area contributed by atoms with Crippen LogP contribution in [-0.2, 0) is 65.4 Å². The van der Waals surface area contributed by atoms with Crippen molar-refractivity contribution in [3.05, 3.63) is 0 Å². The van der Waals surface area contributed by atoms with Crippen LogP contribution in [0.3, 0.4) is 0 Å². The lowest BCUT2D eigenvalue weighted by Crippen LogP contribution is -2.30. The minimum absolute atomic E-state index is 0.105. The molecular weight excluding hydrogens is 1170 g/mol. The van der Waals surface area contributed by atoms with E-state index in [2.05, 4.69) is 41.5 Å². The molecule has 0 radical (unpaired) electrons. The summed E-state index contributed by atoms with van der Waals surface area (Å²) in [4.78, 5) is 72.3. The molecule has 0 amide bonds. The molecule has 0 bridgehead atoms. The van der Waals surface area contributed by atoms with E-state index in [-0.39, 0.29) is 25.7 Å². The summed E-state index contributed by atoms with van der Waals surface area (Å²) in [6.45, 7) is 9.53. The maximum absolute atomic E-state index is 13.0. The van der Waals surface area contributed by atoms with Crippen molar-refractivity contribution < 1.29 is 80.2 Å². The second-order valence-corrected chi connectivity index (χ2v) is 29.1. The van der Waals surface area contributed by atoms with Gasteiger partial charge in [0.05, 0.1) is 26.4 Å². The molecule has 2 unspecified atom stereocenters. The third-order valence-electron chi connectivity index (χ3n) is 16.2. The van der Waals surface area contributed by atoms with Crippen molar-refractivity contribution in [1.82, 2.24) is 0 Å². The van der Waals surface area contributed by atoms with Crippen molar-refractivity contribution >= 4 is 39.5 Å². The zero-order valence-electron chi connectivity index (χ0n) is 57.7. The number of rotatable bonds is 69. The number of aliphatic hydroxyl groups excluding tert-OH is 1. The highest BCUT2D eigenvalue weighted by atomic mass is 31.2. The summed E-state index contributed by atoms with van der Waals surface area (Å²) in [5.74, 6) is -0.544. The number of unbranched alkanes of at least 4 members (excludes halogenated alkanes) is 39. The van der Waals surface area contributed by atoms with Gasteiger partial charge in [-0.3, -0.25) is 37.3 Å². The Balaban J connectivity index is 5.18. The molecule has 0 saturated heterocycles. The molecule has 19 heteroatoms.